The van der Waals surface area contributed by atoms with Crippen molar-refractivity contribution in [3.05, 3.63) is 47.3 Å². The van der Waals surface area contributed by atoms with E-state index < -0.39 is 0 Å². The van der Waals surface area contributed by atoms with Gasteiger partial charge >= 0.3 is 0 Å². The zero-order chi connectivity index (χ0) is 23.3. The van der Waals surface area contributed by atoms with Gasteiger partial charge in [-0.15, -0.1) is 0 Å². The van der Waals surface area contributed by atoms with Crippen LogP contribution in [-0.4, -0.2) is 80.6 Å². The predicted octanol–water partition coefficient (Wildman–Crippen LogP) is 2.91. The minimum Gasteiger partial charge on any atom is -0.494 e. The van der Waals surface area contributed by atoms with Crippen LogP contribution in [0.5, 0.6) is 5.75 Å². The highest BCUT2D eigenvalue weighted by Crippen LogP contribution is 2.39. The van der Waals surface area contributed by atoms with Crippen molar-refractivity contribution in [1.29, 1.82) is 0 Å². The molecule has 10 heteroatoms. The number of methoxy groups -OCH3 is 1. The summed E-state index contributed by atoms with van der Waals surface area (Å²) in [6.45, 7) is 5.82. The maximum Gasteiger partial charge on any atom is 0.257 e. The van der Waals surface area contributed by atoms with Gasteiger partial charge in [-0.25, -0.2) is 4.98 Å². The molecule has 2 aliphatic rings. The maximum atomic E-state index is 13.2. The van der Waals surface area contributed by atoms with Gasteiger partial charge in [0.25, 0.3) is 5.91 Å². The van der Waals surface area contributed by atoms with E-state index in [2.05, 4.69) is 20.2 Å². The number of carbonyl (C=O) groups excluding carboxylic acids is 1. The number of ether oxygens (including phenoxy) is 4. The molecule has 2 aromatic heterocycles. The molecule has 1 N–H and O–H groups in total. The molecule has 0 radical (unpaired) electrons. The van der Waals surface area contributed by atoms with Crippen molar-refractivity contribution in [2.24, 2.45) is 0 Å². The predicted molar refractivity (Wildman–Crippen MR) is 129 cm³/mol. The fraction of sp³-hybridized carbons (Fsp3) is 0.458. The SMILES string of the molecule is COc1ccc(C2COCCO2)c2sc(NC(=O)c3ccncc3CCN3CCOCC3)nc12. The molecule has 1 atom stereocenters. The number of morpholine rings is 1. The molecular weight excluding hydrogens is 456 g/mol. The number of pyridine rings is 1. The number of hydrogen-bond donors (Lipinski definition) is 1. The van der Waals surface area contributed by atoms with Crippen LogP contribution in [0.3, 0.4) is 0 Å². The standard InChI is InChI=1S/C24H28N4O5S/c1-30-19-3-2-18(20-15-32-12-13-33-20)22-21(19)26-24(34-22)27-23(29)17-4-6-25-14-16(17)5-7-28-8-10-31-11-9-28/h2-4,6,14,20H,5,7-13,15H2,1H3,(H,26,27,29). The van der Waals surface area contributed by atoms with Crippen molar-refractivity contribution < 1.29 is 23.7 Å². The third-order valence-electron chi connectivity index (χ3n) is 6.09. The van der Waals surface area contributed by atoms with Crippen LogP contribution in [0.1, 0.15) is 27.6 Å². The lowest BCUT2D eigenvalue weighted by atomic mass is 10.1. The van der Waals surface area contributed by atoms with Crippen molar-refractivity contribution in [2.45, 2.75) is 12.5 Å². The zero-order valence-corrected chi connectivity index (χ0v) is 19.9. The van der Waals surface area contributed by atoms with Crippen molar-refractivity contribution in [1.82, 2.24) is 14.9 Å². The summed E-state index contributed by atoms with van der Waals surface area (Å²) in [7, 11) is 1.62. The van der Waals surface area contributed by atoms with E-state index in [4.69, 9.17) is 18.9 Å². The third-order valence-corrected chi connectivity index (χ3v) is 7.11. The quantitative estimate of drug-likeness (QED) is 0.547. The Morgan fingerprint density at radius 2 is 2.09 bits per heavy atom. The molecule has 0 spiro atoms. The van der Waals surface area contributed by atoms with E-state index in [-0.39, 0.29) is 12.0 Å². The monoisotopic (exact) mass is 484 g/mol. The van der Waals surface area contributed by atoms with Crippen LogP contribution in [0.4, 0.5) is 5.13 Å². The number of aromatic nitrogens is 2. The molecule has 5 rings (SSSR count). The van der Waals surface area contributed by atoms with E-state index in [0.29, 0.717) is 41.8 Å². The molecule has 3 aromatic rings. The highest BCUT2D eigenvalue weighted by atomic mass is 32.1. The highest BCUT2D eigenvalue weighted by Gasteiger charge is 2.23. The molecule has 180 valence electrons. The molecule has 0 aliphatic carbocycles. The van der Waals surface area contributed by atoms with Crippen LogP contribution in [0, 0.1) is 0 Å². The van der Waals surface area contributed by atoms with Crippen molar-refractivity contribution in [2.75, 3.05) is 65.1 Å². The Morgan fingerprint density at radius 1 is 1.21 bits per heavy atom. The summed E-state index contributed by atoms with van der Waals surface area (Å²) in [6.07, 6.45) is 3.99. The molecule has 2 saturated heterocycles. The van der Waals surface area contributed by atoms with Gasteiger partial charge in [-0.2, -0.15) is 0 Å². The highest BCUT2D eigenvalue weighted by molar-refractivity contribution is 7.22. The van der Waals surface area contributed by atoms with Crippen LogP contribution in [0.2, 0.25) is 0 Å². The molecule has 9 nitrogen and oxygen atoms in total. The van der Waals surface area contributed by atoms with Crippen LogP contribution in [0.15, 0.2) is 30.6 Å². The zero-order valence-electron chi connectivity index (χ0n) is 19.1. The topological polar surface area (TPSA) is 95.0 Å². The van der Waals surface area contributed by atoms with Gasteiger partial charge in [0.05, 0.1) is 44.8 Å². The summed E-state index contributed by atoms with van der Waals surface area (Å²) in [4.78, 5) is 24.5. The first-order valence-corrected chi connectivity index (χ1v) is 12.3. The Kier molecular flexibility index (Phi) is 7.31. The van der Waals surface area contributed by atoms with Gasteiger partial charge in [0, 0.05) is 43.2 Å². The first-order chi connectivity index (χ1) is 16.7. The van der Waals surface area contributed by atoms with Crippen LogP contribution in [0.25, 0.3) is 10.2 Å². The lowest BCUT2D eigenvalue weighted by Gasteiger charge is -2.26. The second-order valence-electron chi connectivity index (χ2n) is 8.18. The fourth-order valence-electron chi connectivity index (χ4n) is 4.26. The second-order valence-corrected chi connectivity index (χ2v) is 9.18. The second kappa shape index (κ2) is 10.7. The Bertz CT molecular complexity index is 1140. The number of benzene rings is 1. The van der Waals surface area contributed by atoms with Gasteiger partial charge in [0.2, 0.25) is 0 Å². The number of nitrogens with zero attached hydrogens (tertiary/aromatic N) is 3. The van der Waals surface area contributed by atoms with Crippen molar-refractivity contribution >= 4 is 32.6 Å². The smallest absolute Gasteiger partial charge is 0.257 e. The summed E-state index contributed by atoms with van der Waals surface area (Å²) in [6, 6.07) is 5.63. The Balaban J connectivity index is 1.36. The first kappa shape index (κ1) is 23.1. The number of thiazole rings is 1. The maximum absolute atomic E-state index is 13.2. The number of anilines is 1. The van der Waals surface area contributed by atoms with Gasteiger partial charge in [-0.1, -0.05) is 17.4 Å². The van der Waals surface area contributed by atoms with E-state index in [9.17, 15) is 4.79 Å². The van der Waals surface area contributed by atoms with Gasteiger partial charge in [-0.05, 0) is 24.1 Å². The third kappa shape index (κ3) is 5.06. The molecule has 1 amide bonds. The van der Waals surface area contributed by atoms with Crippen molar-refractivity contribution in [3.8, 4) is 5.75 Å². The molecular formula is C24H28N4O5S. The fourth-order valence-corrected chi connectivity index (χ4v) is 5.29. The van der Waals surface area contributed by atoms with E-state index in [1.165, 1.54) is 11.3 Å². The van der Waals surface area contributed by atoms with E-state index in [1.807, 2.05) is 12.1 Å². The minimum absolute atomic E-state index is 0.168. The number of rotatable bonds is 7. The molecule has 2 fully saturated rings. The first-order valence-electron chi connectivity index (χ1n) is 11.4. The Labute approximate surface area is 202 Å². The van der Waals surface area contributed by atoms with E-state index in [1.54, 1.807) is 25.6 Å². The molecule has 0 saturated carbocycles. The van der Waals surface area contributed by atoms with Crippen LogP contribution in [-0.2, 0) is 20.6 Å². The van der Waals surface area contributed by atoms with Gasteiger partial charge < -0.3 is 18.9 Å². The molecule has 34 heavy (non-hydrogen) atoms. The molecule has 2 aliphatic heterocycles. The Hall–Kier alpha value is -2.63. The number of hydrogen-bond acceptors (Lipinski definition) is 9. The molecule has 0 bridgehead atoms. The minimum atomic E-state index is -0.198. The van der Waals surface area contributed by atoms with E-state index >= 15 is 0 Å². The summed E-state index contributed by atoms with van der Waals surface area (Å²) < 4.78 is 23.4. The average molecular weight is 485 g/mol. The van der Waals surface area contributed by atoms with Crippen LogP contribution < -0.4 is 10.1 Å². The lowest BCUT2D eigenvalue weighted by Crippen LogP contribution is -2.37. The number of fused-ring (bicyclic) bond motifs is 1. The summed E-state index contributed by atoms with van der Waals surface area (Å²) in [5, 5.41) is 3.50. The summed E-state index contributed by atoms with van der Waals surface area (Å²) >= 11 is 1.42. The molecule has 4 heterocycles. The summed E-state index contributed by atoms with van der Waals surface area (Å²) in [5.74, 6) is 0.457. The number of carbonyl (C=O) groups is 1. The Morgan fingerprint density at radius 3 is 2.88 bits per heavy atom. The van der Waals surface area contributed by atoms with Gasteiger partial charge in [-0.3, -0.25) is 20.0 Å². The van der Waals surface area contributed by atoms with Crippen LogP contribution >= 0.6 is 11.3 Å². The van der Waals surface area contributed by atoms with Gasteiger partial charge in [0.15, 0.2) is 5.13 Å². The number of nitrogens with one attached hydrogen (secondary N) is 1. The molecule has 1 aromatic carbocycles. The van der Waals surface area contributed by atoms with Crippen molar-refractivity contribution in [3.63, 3.8) is 0 Å². The largest absolute Gasteiger partial charge is 0.494 e. The summed E-state index contributed by atoms with van der Waals surface area (Å²) in [5.41, 5.74) is 3.22. The lowest BCUT2D eigenvalue weighted by molar-refractivity contribution is -0.0895. The normalized spacial score (nSPS) is 19.3. The van der Waals surface area contributed by atoms with E-state index in [0.717, 1.165) is 55.1 Å². The average Bonchev–Trinajstić information content (AvgIpc) is 3.31. The van der Waals surface area contributed by atoms with Gasteiger partial charge in [0.1, 0.15) is 17.4 Å². The molecule has 1 unspecified atom stereocenters. The number of amides is 1.